The SMILES string of the molecule is CNC(=O)/C(=C\OC1OC(=O)C(C)=C1C)n1ncc2ccccc21. The molecular weight excluding hydrogens is 310 g/mol. The van der Waals surface area contributed by atoms with Crippen LogP contribution in [0.3, 0.4) is 0 Å². The van der Waals surface area contributed by atoms with Crippen LogP contribution in [-0.2, 0) is 19.1 Å². The second-order valence-corrected chi connectivity index (χ2v) is 5.38. The quantitative estimate of drug-likeness (QED) is 0.526. The van der Waals surface area contributed by atoms with Gasteiger partial charge < -0.3 is 14.8 Å². The number of para-hydroxylation sites is 1. The number of cyclic esters (lactones) is 1. The number of fused-ring (bicyclic) bond motifs is 1. The molecule has 0 bridgehead atoms. The Balaban J connectivity index is 1.96. The molecule has 1 aliphatic rings. The third-order valence-corrected chi connectivity index (χ3v) is 3.93. The van der Waals surface area contributed by atoms with Gasteiger partial charge in [-0.2, -0.15) is 5.10 Å². The fourth-order valence-electron chi connectivity index (χ4n) is 2.36. The van der Waals surface area contributed by atoms with Gasteiger partial charge in [0, 0.05) is 23.6 Å². The maximum Gasteiger partial charge on any atom is 0.337 e. The molecule has 1 amide bonds. The van der Waals surface area contributed by atoms with Gasteiger partial charge in [-0.05, 0) is 19.9 Å². The lowest BCUT2D eigenvalue weighted by Crippen LogP contribution is -2.24. The molecule has 7 heteroatoms. The normalized spacial score (nSPS) is 18.0. The van der Waals surface area contributed by atoms with Crippen molar-refractivity contribution in [3.63, 3.8) is 0 Å². The van der Waals surface area contributed by atoms with Gasteiger partial charge in [0.15, 0.2) is 5.70 Å². The van der Waals surface area contributed by atoms with Crippen LogP contribution in [0.4, 0.5) is 0 Å². The minimum atomic E-state index is -0.834. The highest BCUT2D eigenvalue weighted by atomic mass is 16.7. The Morgan fingerprint density at radius 1 is 1.38 bits per heavy atom. The van der Waals surface area contributed by atoms with E-state index in [2.05, 4.69) is 10.4 Å². The van der Waals surface area contributed by atoms with Gasteiger partial charge in [0.1, 0.15) is 6.26 Å². The lowest BCUT2D eigenvalue weighted by Gasteiger charge is -2.13. The summed E-state index contributed by atoms with van der Waals surface area (Å²) in [6.45, 7) is 3.42. The molecule has 24 heavy (non-hydrogen) atoms. The molecule has 1 aliphatic heterocycles. The summed E-state index contributed by atoms with van der Waals surface area (Å²) in [5.41, 5.74) is 2.15. The van der Waals surface area contributed by atoms with Crippen molar-refractivity contribution in [2.75, 3.05) is 7.05 Å². The van der Waals surface area contributed by atoms with Crippen LogP contribution in [0.1, 0.15) is 13.8 Å². The lowest BCUT2D eigenvalue weighted by molar-refractivity contribution is -0.152. The fraction of sp³-hybridized carbons (Fsp3) is 0.235. The number of esters is 1. The van der Waals surface area contributed by atoms with Gasteiger partial charge in [-0.1, -0.05) is 18.2 Å². The number of carbonyl (C=O) groups excluding carboxylic acids is 2. The molecule has 0 saturated heterocycles. The second-order valence-electron chi connectivity index (χ2n) is 5.38. The van der Waals surface area contributed by atoms with Crippen LogP contribution in [0.15, 0.2) is 47.9 Å². The highest BCUT2D eigenvalue weighted by molar-refractivity contribution is 6.14. The maximum atomic E-state index is 12.2. The number of aromatic nitrogens is 2. The first-order valence-corrected chi connectivity index (χ1v) is 7.42. The first kappa shape index (κ1) is 15.8. The average Bonchev–Trinajstić information content (AvgIpc) is 3.12. The van der Waals surface area contributed by atoms with E-state index in [4.69, 9.17) is 9.47 Å². The molecule has 1 atom stereocenters. The zero-order valence-corrected chi connectivity index (χ0v) is 13.6. The van der Waals surface area contributed by atoms with Gasteiger partial charge in [-0.15, -0.1) is 0 Å². The predicted octanol–water partition coefficient (Wildman–Crippen LogP) is 1.82. The highest BCUT2D eigenvalue weighted by Crippen LogP contribution is 2.24. The Labute approximate surface area is 138 Å². The van der Waals surface area contributed by atoms with Crippen LogP contribution >= 0.6 is 0 Å². The Bertz CT molecular complexity index is 879. The number of amides is 1. The van der Waals surface area contributed by atoms with E-state index in [1.165, 1.54) is 18.0 Å². The molecule has 0 aliphatic carbocycles. The first-order valence-electron chi connectivity index (χ1n) is 7.42. The van der Waals surface area contributed by atoms with E-state index >= 15 is 0 Å². The third-order valence-electron chi connectivity index (χ3n) is 3.93. The molecule has 3 rings (SSSR count). The zero-order valence-electron chi connectivity index (χ0n) is 13.6. The van der Waals surface area contributed by atoms with Crippen LogP contribution in [0.2, 0.25) is 0 Å². The summed E-state index contributed by atoms with van der Waals surface area (Å²) >= 11 is 0. The molecule has 1 unspecified atom stereocenters. The Kier molecular flexibility index (Phi) is 4.07. The highest BCUT2D eigenvalue weighted by Gasteiger charge is 2.29. The number of likely N-dealkylation sites (N-methyl/N-ethyl adjacent to an activating group) is 1. The summed E-state index contributed by atoms with van der Waals surface area (Å²) < 4.78 is 12.1. The smallest absolute Gasteiger partial charge is 0.337 e. The number of hydrogen-bond donors (Lipinski definition) is 1. The van der Waals surface area contributed by atoms with Crippen molar-refractivity contribution in [1.82, 2.24) is 15.1 Å². The summed E-state index contributed by atoms with van der Waals surface area (Å²) in [5.74, 6) is -0.788. The van der Waals surface area contributed by atoms with Crippen molar-refractivity contribution in [1.29, 1.82) is 0 Å². The lowest BCUT2D eigenvalue weighted by atomic mass is 10.2. The minimum Gasteiger partial charge on any atom is -0.456 e. The first-order chi connectivity index (χ1) is 11.5. The number of ether oxygens (including phenoxy) is 2. The van der Waals surface area contributed by atoms with Gasteiger partial charge in [0.2, 0.25) is 0 Å². The molecule has 7 nitrogen and oxygen atoms in total. The summed E-state index contributed by atoms with van der Waals surface area (Å²) in [6.07, 6.45) is 2.09. The summed E-state index contributed by atoms with van der Waals surface area (Å²) in [7, 11) is 1.52. The van der Waals surface area contributed by atoms with E-state index in [0.29, 0.717) is 11.1 Å². The average molecular weight is 327 g/mol. The van der Waals surface area contributed by atoms with Crippen LogP contribution in [0, 0.1) is 0 Å². The van der Waals surface area contributed by atoms with Crippen LogP contribution in [0.5, 0.6) is 0 Å². The number of benzene rings is 1. The van der Waals surface area contributed by atoms with E-state index in [9.17, 15) is 9.59 Å². The third kappa shape index (κ3) is 2.64. The van der Waals surface area contributed by atoms with Crippen molar-refractivity contribution in [3.8, 4) is 0 Å². The number of carbonyl (C=O) groups is 2. The van der Waals surface area contributed by atoms with Gasteiger partial charge in [0.25, 0.3) is 12.2 Å². The molecule has 1 N–H and O–H groups in total. The molecule has 2 heterocycles. The predicted molar refractivity (Wildman–Crippen MR) is 87.4 cm³/mol. The molecule has 2 aromatic rings. The Morgan fingerprint density at radius 2 is 2.12 bits per heavy atom. The topological polar surface area (TPSA) is 82.5 Å². The molecule has 1 aromatic heterocycles. The summed E-state index contributed by atoms with van der Waals surface area (Å²) in [5, 5.41) is 7.70. The number of hydrogen-bond acceptors (Lipinski definition) is 5. The minimum absolute atomic E-state index is 0.187. The molecule has 0 saturated carbocycles. The van der Waals surface area contributed by atoms with Crippen molar-refractivity contribution < 1.29 is 19.1 Å². The number of rotatable bonds is 4. The molecular formula is C17H17N3O4. The van der Waals surface area contributed by atoms with Crippen LogP contribution < -0.4 is 5.32 Å². The van der Waals surface area contributed by atoms with Crippen molar-refractivity contribution in [2.24, 2.45) is 0 Å². The molecule has 0 radical (unpaired) electrons. The summed E-state index contributed by atoms with van der Waals surface area (Å²) in [6, 6.07) is 7.50. The molecule has 124 valence electrons. The maximum absolute atomic E-state index is 12.2. The number of nitrogens with zero attached hydrogens (tertiary/aromatic N) is 2. The monoisotopic (exact) mass is 327 g/mol. The zero-order chi connectivity index (χ0) is 17.3. The number of nitrogens with one attached hydrogen (secondary N) is 1. The molecule has 1 aromatic carbocycles. The van der Waals surface area contributed by atoms with Crippen molar-refractivity contribution >= 4 is 28.5 Å². The van der Waals surface area contributed by atoms with Gasteiger partial charge in [0.05, 0.1) is 11.7 Å². The fourth-order valence-corrected chi connectivity index (χ4v) is 2.36. The summed E-state index contributed by atoms with van der Waals surface area (Å²) in [4.78, 5) is 23.8. The van der Waals surface area contributed by atoms with E-state index < -0.39 is 12.3 Å². The van der Waals surface area contributed by atoms with E-state index in [-0.39, 0.29) is 11.6 Å². The van der Waals surface area contributed by atoms with E-state index in [1.54, 1.807) is 20.0 Å². The van der Waals surface area contributed by atoms with E-state index in [0.717, 1.165) is 10.9 Å². The standard InChI is InChI=1S/C17H17N3O4/c1-10-11(2)17(24-16(10)22)23-9-14(15(21)18-3)20-13-7-5-4-6-12(13)8-19-20/h4-9,17H,1-3H3,(H,18,21)/b14-9+. The van der Waals surface area contributed by atoms with E-state index in [1.807, 2.05) is 24.3 Å². The largest absolute Gasteiger partial charge is 0.456 e. The molecule has 0 fully saturated rings. The van der Waals surface area contributed by atoms with Crippen molar-refractivity contribution in [2.45, 2.75) is 20.1 Å². The molecule has 0 spiro atoms. The van der Waals surface area contributed by atoms with Crippen LogP contribution in [-0.4, -0.2) is 35.0 Å². The van der Waals surface area contributed by atoms with Crippen molar-refractivity contribution in [3.05, 3.63) is 47.9 Å². The Morgan fingerprint density at radius 3 is 2.79 bits per heavy atom. The Hall–Kier alpha value is -3.09. The van der Waals surface area contributed by atoms with Gasteiger partial charge in [-0.3, -0.25) is 4.79 Å². The second kappa shape index (κ2) is 6.19. The van der Waals surface area contributed by atoms with Gasteiger partial charge in [-0.25, -0.2) is 9.48 Å². The van der Waals surface area contributed by atoms with Crippen LogP contribution in [0.25, 0.3) is 16.6 Å². The van der Waals surface area contributed by atoms with Gasteiger partial charge >= 0.3 is 5.97 Å².